The number of fused-ring (bicyclic) bond motifs is 3. The van der Waals surface area contributed by atoms with Crippen molar-refractivity contribution in [2.24, 2.45) is 7.05 Å². The van der Waals surface area contributed by atoms with Crippen LogP contribution in [-0.2, 0) is 7.05 Å². The lowest BCUT2D eigenvalue weighted by atomic mass is 10.1. The van der Waals surface area contributed by atoms with Gasteiger partial charge in [-0.3, -0.25) is 4.79 Å². The minimum atomic E-state index is 0.196. The largest absolute Gasteiger partial charge is 0.344 e. The molecule has 18 heavy (non-hydrogen) atoms. The van der Waals surface area contributed by atoms with E-state index in [1.807, 2.05) is 38.2 Å². The Morgan fingerprint density at radius 3 is 2.56 bits per heavy atom. The second-order valence-corrected chi connectivity index (χ2v) is 4.58. The highest BCUT2D eigenvalue weighted by molar-refractivity contribution is 6.10. The maximum Gasteiger partial charge on any atom is 0.162 e. The third-order valence-electron chi connectivity index (χ3n) is 3.56. The smallest absolute Gasteiger partial charge is 0.162 e. The Morgan fingerprint density at radius 2 is 1.78 bits per heavy atom. The van der Waals surface area contributed by atoms with Gasteiger partial charge in [-0.05, 0) is 12.1 Å². The lowest BCUT2D eigenvalue weighted by Gasteiger charge is -2.01. The first-order valence-corrected chi connectivity index (χ1v) is 6.22. The molecule has 0 atom stereocenters. The van der Waals surface area contributed by atoms with Crippen molar-refractivity contribution in [3.05, 3.63) is 48.0 Å². The van der Waals surface area contributed by atoms with Gasteiger partial charge in [-0.15, -0.1) is 0 Å². The fraction of sp³-hybridized carbons (Fsp3) is 0.188. The zero-order valence-electron chi connectivity index (χ0n) is 10.6. The number of carbonyl (C=O) groups excluding carboxylic acids is 1. The van der Waals surface area contributed by atoms with Crippen LogP contribution in [0, 0.1) is 0 Å². The lowest BCUT2D eigenvalue weighted by molar-refractivity contribution is 0.0988. The van der Waals surface area contributed by atoms with Gasteiger partial charge < -0.3 is 4.57 Å². The van der Waals surface area contributed by atoms with Crippen LogP contribution in [0.2, 0.25) is 0 Å². The van der Waals surface area contributed by atoms with Gasteiger partial charge in [0.1, 0.15) is 0 Å². The molecule has 0 aliphatic rings. The summed E-state index contributed by atoms with van der Waals surface area (Å²) in [5, 5.41) is 2.45. The Balaban J connectivity index is 2.38. The summed E-state index contributed by atoms with van der Waals surface area (Å²) >= 11 is 0. The molecule has 0 saturated heterocycles. The number of aromatic nitrogens is 1. The number of ketones is 1. The van der Waals surface area contributed by atoms with Crippen LogP contribution in [0.1, 0.15) is 23.7 Å². The van der Waals surface area contributed by atoms with Crippen LogP contribution in [0.25, 0.3) is 21.8 Å². The molecule has 0 aliphatic heterocycles. The van der Waals surface area contributed by atoms with Gasteiger partial charge in [0.15, 0.2) is 5.78 Å². The molecule has 2 nitrogen and oxygen atoms in total. The molecule has 0 aliphatic carbocycles. The average molecular weight is 237 g/mol. The summed E-state index contributed by atoms with van der Waals surface area (Å²) in [6.07, 6.45) is 0.551. The molecule has 1 heterocycles. The van der Waals surface area contributed by atoms with E-state index in [1.54, 1.807) is 0 Å². The first kappa shape index (κ1) is 11.0. The van der Waals surface area contributed by atoms with Gasteiger partial charge in [-0.1, -0.05) is 37.3 Å². The van der Waals surface area contributed by atoms with Crippen LogP contribution in [-0.4, -0.2) is 10.4 Å². The minimum Gasteiger partial charge on any atom is -0.344 e. The first-order chi connectivity index (χ1) is 8.72. The van der Waals surface area contributed by atoms with Crippen LogP contribution in [0.5, 0.6) is 0 Å². The van der Waals surface area contributed by atoms with Gasteiger partial charge in [0, 0.05) is 40.8 Å². The van der Waals surface area contributed by atoms with Gasteiger partial charge in [0.2, 0.25) is 0 Å². The maximum absolute atomic E-state index is 11.8. The normalized spacial score (nSPS) is 11.2. The average Bonchev–Trinajstić information content (AvgIpc) is 2.72. The predicted octanol–water partition coefficient (Wildman–Crippen LogP) is 3.92. The molecular formula is C16H15NO. The maximum atomic E-state index is 11.8. The monoisotopic (exact) mass is 237 g/mol. The topological polar surface area (TPSA) is 22.0 Å². The van der Waals surface area contributed by atoms with Crippen LogP contribution in [0.3, 0.4) is 0 Å². The van der Waals surface area contributed by atoms with E-state index in [0.29, 0.717) is 6.42 Å². The van der Waals surface area contributed by atoms with Gasteiger partial charge in [-0.25, -0.2) is 0 Å². The van der Waals surface area contributed by atoms with Crippen molar-refractivity contribution in [3.63, 3.8) is 0 Å². The molecule has 0 unspecified atom stereocenters. The number of para-hydroxylation sites is 1. The summed E-state index contributed by atoms with van der Waals surface area (Å²) in [6, 6.07) is 14.3. The van der Waals surface area contributed by atoms with Gasteiger partial charge in [-0.2, -0.15) is 0 Å². The Kier molecular flexibility index (Phi) is 2.44. The Bertz CT molecular complexity index is 752. The number of aryl methyl sites for hydroxylation is 1. The molecule has 2 aromatic carbocycles. The third kappa shape index (κ3) is 1.46. The molecule has 3 rings (SSSR count). The number of nitrogens with zero attached hydrogens (tertiary/aromatic N) is 1. The van der Waals surface area contributed by atoms with Crippen LogP contribution in [0.4, 0.5) is 0 Å². The Hall–Kier alpha value is -2.09. The van der Waals surface area contributed by atoms with Crippen molar-refractivity contribution in [1.82, 2.24) is 4.57 Å². The fourth-order valence-electron chi connectivity index (χ4n) is 2.54. The fourth-order valence-corrected chi connectivity index (χ4v) is 2.54. The molecule has 0 saturated carbocycles. The predicted molar refractivity (Wildman–Crippen MR) is 75.0 cm³/mol. The van der Waals surface area contributed by atoms with Crippen LogP contribution < -0.4 is 0 Å². The van der Waals surface area contributed by atoms with E-state index in [1.165, 1.54) is 16.3 Å². The molecule has 3 aromatic rings. The SMILES string of the molecule is CCC(=O)c1ccc2c3ccccc3n(C)c2c1. The van der Waals surface area contributed by atoms with E-state index < -0.39 is 0 Å². The number of carbonyl (C=O) groups is 1. The van der Waals surface area contributed by atoms with Crippen molar-refractivity contribution < 1.29 is 4.79 Å². The number of benzene rings is 2. The van der Waals surface area contributed by atoms with Crippen molar-refractivity contribution in [1.29, 1.82) is 0 Å². The second-order valence-electron chi connectivity index (χ2n) is 4.58. The highest BCUT2D eigenvalue weighted by atomic mass is 16.1. The molecule has 0 fully saturated rings. The third-order valence-corrected chi connectivity index (χ3v) is 3.56. The van der Waals surface area contributed by atoms with E-state index >= 15 is 0 Å². The highest BCUT2D eigenvalue weighted by Crippen LogP contribution is 2.28. The molecule has 0 radical (unpaired) electrons. The summed E-state index contributed by atoms with van der Waals surface area (Å²) in [6.45, 7) is 1.90. The molecular weight excluding hydrogens is 222 g/mol. The second kappa shape index (κ2) is 3.98. The number of hydrogen-bond donors (Lipinski definition) is 0. The Morgan fingerprint density at radius 1 is 1.06 bits per heavy atom. The molecule has 0 amide bonds. The van der Waals surface area contributed by atoms with Crippen LogP contribution >= 0.6 is 0 Å². The van der Waals surface area contributed by atoms with Crippen molar-refractivity contribution in [2.75, 3.05) is 0 Å². The zero-order valence-corrected chi connectivity index (χ0v) is 10.6. The van der Waals surface area contributed by atoms with Crippen LogP contribution in [0.15, 0.2) is 42.5 Å². The van der Waals surface area contributed by atoms with E-state index in [4.69, 9.17) is 0 Å². The van der Waals surface area contributed by atoms with Gasteiger partial charge in [0.05, 0.1) is 0 Å². The van der Waals surface area contributed by atoms with E-state index in [-0.39, 0.29) is 5.78 Å². The molecule has 90 valence electrons. The summed E-state index contributed by atoms with van der Waals surface area (Å²) in [5.74, 6) is 0.196. The molecule has 0 N–H and O–H groups in total. The molecule has 0 spiro atoms. The standard InChI is InChI=1S/C16H15NO/c1-3-16(18)11-8-9-13-12-6-4-5-7-14(12)17(2)15(13)10-11/h4-10H,3H2,1-2H3. The molecule has 2 heteroatoms. The number of hydrogen-bond acceptors (Lipinski definition) is 1. The summed E-state index contributed by atoms with van der Waals surface area (Å²) in [5.41, 5.74) is 3.13. The first-order valence-electron chi connectivity index (χ1n) is 6.22. The van der Waals surface area contributed by atoms with Crippen molar-refractivity contribution >= 4 is 27.6 Å². The lowest BCUT2D eigenvalue weighted by Crippen LogP contribution is -1.96. The Labute approximate surface area is 106 Å². The summed E-state index contributed by atoms with van der Waals surface area (Å²) in [7, 11) is 2.05. The quantitative estimate of drug-likeness (QED) is 0.619. The highest BCUT2D eigenvalue weighted by Gasteiger charge is 2.10. The minimum absolute atomic E-state index is 0.196. The van der Waals surface area contributed by atoms with E-state index in [2.05, 4.69) is 22.8 Å². The van der Waals surface area contributed by atoms with E-state index in [9.17, 15) is 4.79 Å². The van der Waals surface area contributed by atoms with Gasteiger partial charge >= 0.3 is 0 Å². The van der Waals surface area contributed by atoms with Crippen molar-refractivity contribution in [3.8, 4) is 0 Å². The number of rotatable bonds is 2. The number of Topliss-reactive ketones (excluding diaryl/α,β-unsaturated/α-hetero) is 1. The van der Waals surface area contributed by atoms with Crippen molar-refractivity contribution in [2.45, 2.75) is 13.3 Å². The summed E-state index contributed by atoms with van der Waals surface area (Å²) < 4.78 is 2.15. The van der Waals surface area contributed by atoms with Gasteiger partial charge in [0.25, 0.3) is 0 Å². The summed E-state index contributed by atoms with van der Waals surface area (Å²) in [4.78, 5) is 11.8. The zero-order chi connectivity index (χ0) is 12.7. The molecule has 1 aromatic heterocycles. The van der Waals surface area contributed by atoms with E-state index in [0.717, 1.165) is 11.1 Å². The molecule has 0 bridgehead atoms.